The van der Waals surface area contributed by atoms with Crippen molar-refractivity contribution in [2.75, 3.05) is 0 Å². The van der Waals surface area contributed by atoms with Crippen molar-refractivity contribution in [3.63, 3.8) is 0 Å². The summed E-state index contributed by atoms with van der Waals surface area (Å²) in [4.78, 5) is 24.2. The zero-order chi connectivity index (χ0) is 19.4. The first-order chi connectivity index (χ1) is 13.0. The van der Waals surface area contributed by atoms with E-state index in [2.05, 4.69) is 17.3 Å². The molecule has 0 bridgehead atoms. The first kappa shape index (κ1) is 18.6. The highest BCUT2D eigenvalue weighted by Crippen LogP contribution is 2.16. The molecule has 0 radical (unpaired) electrons. The van der Waals surface area contributed by atoms with E-state index >= 15 is 0 Å². The molecule has 0 spiro atoms. The van der Waals surface area contributed by atoms with E-state index < -0.39 is 11.6 Å². The molecule has 2 aromatic carbocycles. The molecule has 0 saturated carbocycles. The summed E-state index contributed by atoms with van der Waals surface area (Å²) < 4.78 is 19.0. The number of nitrogens with one attached hydrogen (secondary N) is 1. The molecular formula is C20H20FN3O3. The van der Waals surface area contributed by atoms with Crippen molar-refractivity contribution in [1.29, 1.82) is 0 Å². The van der Waals surface area contributed by atoms with Crippen molar-refractivity contribution in [1.82, 2.24) is 15.1 Å². The van der Waals surface area contributed by atoms with Crippen LogP contribution in [0.15, 0.2) is 57.7 Å². The lowest BCUT2D eigenvalue weighted by molar-refractivity contribution is -0.122. The van der Waals surface area contributed by atoms with E-state index in [0.29, 0.717) is 5.56 Å². The van der Waals surface area contributed by atoms with E-state index in [0.717, 1.165) is 16.7 Å². The fourth-order valence-electron chi connectivity index (χ4n) is 2.66. The van der Waals surface area contributed by atoms with Gasteiger partial charge in [0.25, 0.3) is 0 Å². The van der Waals surface area contributed by atoms with Crippen LogP contribution in [-0.4, -0.2) is 15.7 Å². The molecule has 1 heterocycles. The third kappa shape index (κ3) is 4.49. The van der Waals surface area contributed by atoms with Crippen LogP contribution in [-0.2, 0) is 17.8 Å². The zero-order valence-corrected chi connectivity index (χ0v) is 15.1. The van der Waals surface area contributed by atoms with Crippen molar-refractivity contribution in [3.8, 4) is 11.5 Å². The average molecular weight is 369 g/mol. The van der Waals surface area contributed by atoms with E-state index in [4.69, 9.17) is 4.42 Å². The molecule has 1 atom stereocenters. The van der Waals surface area contributed by atoms with Gasteiger partial charge in [0, 0.05) is 5.56 Å². The summed E-state index contributed by atoms with van der Waals surface area (Å²) >= 11 is 0. The van der Waals surface area contributed by atoms with Crippen LogP contribution >= 0.6 is 0 Å². The number of carbonyl (C=O) groups is 1. The number of nitrogens with zero attached hydrogens (tertiary/aromatic N) is 2. The van der Waals surface area contributed by atoms with Gasteiger partial charge in [-0.05, 0) is 48.7 Å². The highest BCUT2D eigenvalue weighted by atomic mass is 19.1. The fraction of sp³-hybridized carbons (Fsp3) is 0.250. The molecule has 27 heavy (non-hydrogen) atoms. The van der Waals surface area contributed by atoms with Gasteiger partial charge in [-0.25, -0.2) is 9.18 Å². The highest BCUT2D eigenvalue weighted by molar-refractivity contribution is 5.76. The number of benzene rings is 2. The Morgan fingerprint density at radius 1 is 1.19 bits per heavy atom. The molecule has 1 amide bonds. The quantitative estimate of drug-likeness (QED) is 0.724. The predicted molar refractivity (Wildman–Crippen MR) is 98.5 cm³/mol. The minimum atomic E-state index is -0.746. The lowest BCUT2D eigenvalue weighted by Crippen LogP contribution is -2.33. The van der Waals surface area contributed by atoms with E-state index in [-0.39, 0.29) is 24.4 Å². The van der Waals surface area contributed by atoms with Crippen LogP contribution in [0, 0.1) is 5.82 Å². The number of carbonyl (C=O) groups excluding carboxylic acids is 1. The van der Waals surface area contributed by atoms with Gasteiger partial charge in [-0.3, -0.25) is 4.79 Å². The van der Waals surface area contributed by atoms with E-state index in [1.807, 2.05) is 31.2 Å². The summed E-state index contributed by atoms with van der Waals surface area (Å²) in [5.41, 5.74) is 2.65. The first-order valence-corrected chi connectivity index (χ1v) is 8.68. The van der Waals surface area contributed by atoms with Gasteiger partial charge < -0.3 is 9.73 Å². The standard InChI is InChI=1S/C20H20FN3O3/c1-3-14-4-6-15(7-5-14)13(2)22-18(25)12-24-20(26)27-19(23-24)16-8-10-17(21)11-9-16/h4-11,13H,3,12H2,1-2H3,(H,22,25)/t13-/m1/s1. The van der Waals surface area contributed by atoms with Gasteiger partial charge in [-0.15, -0.1) is 5.10 Å². The smallest absolute Gasteiger partial charge is 0.388 e. The maximum atomic E-state index is 13.0. The molecule has 140 valence electrons. The Kier molecular flexibility index (Phi) is 5.49. The molecule has 1 N–H and O–H groups in total. The van der Waals surface area contributed by atoms with Gasteiger partial charge in [0.2, 0.25) is 11.8 Å². The summed E-state index contributed by atoms with van der Waals surface area (Å²) in [7, 11) is 0. The number of amides is 1. The van der Waals surface area contributed by atoms with Gasteiger partial charge in [-0.1, -0.05) is 31.2 Å². The summed E-state index contributed by atoms with van der Waals surface area (Å²) in [5, 5.41) is 6.84. The minimum Gasteiger partial charge on any atom is -0.388 e. The maximum Gasteiger partial charge on any atom is 0.437 e. The summed E-state index contributed by atoms with van der Waals surface area (Å²) in [6, 6.07) is 13.2. The Bertz CT molecular complexity index is 975. The number of halogens is 1. The van der Waals surface area contributed by atoms with Crippen molar-refractivity contribution in [3.05, 3.63) is 76.0 Å². The van der Waals surface area contributed by atoms with Crippen LogP contribution in [0.4, 0.5) is 4.39 Å². The van der Waals surface area contributed by atoms with Crippen molar-refractivity contribution in [2.45, 2.75) is 32.9 Å². The Hall–Kier alpha value is -3.22. The van der Waals surface area contributed by atoms with E-state index in [1.54, 1.807) is 0 Å². The van der Waals surface area contributed by atoms with Crippen LogP contribution in [0.3, 0.4) is 0 Å². The highest BCUT2D eigenvalue weighted by Gasteiger charge is 2.15. The SMILES string of the molecule is CCc1ccc([C@@H](C)NC(=O)Cn2nc(-c3ccc(F)cc3)oc2=O)cc1. The average Bonchev–Trinajstić information content (AvgIpc) is 3.02. The second-order valence-corrected chi connectivity index (χ2v) is 6.22. The summed E-state index contributed by atoms with van der Waals surface area (Å²) in [6.07, 6.45) is 0.951. The molecular weight excluding hydrogens is 349 g/mol. The zero-order valence-electron chi connectivity index (χ0n) is 15.1. The van der Waals surface area contributed by atoms with Crippen LogP contribution in [0.2, 0.25) is 0 Å². The van der Waals surface area contributed by atoms with E-state index in [9.17, 15) is 14.0 Å². The van der Waals surface area contributed by atoms with Crippen LogP contribution < -0.4 is 11.1 Å². The first-order valence-electron chi connectivity index (χ1n) is 8.68. The largest absolute Gasteiger partial charge is 0.437 e. The summed E-state index contributed by atoms with van der Waals surface area (Å²) in [6.45, 7) is 3.69. The van der Waals surface area contributed by atoms with Crippen molar-refractivity contribution in [2.24, 2.45) is 0 Å². The number of aryl methyl sites for hydroxylation is 1. The van der Waals surface area contributed by atoms with Gasteiger partial charge >= 0.3 is 5.76 Å². The lowest BCUT2D eigenvalue weighted by atomic mass is 10.1. The Morgan fingerprint density at radius 2 is 1.85 bits per heavy atom. The molecule has 0 aliphatic heterocycles. The molecule has 3 rings (SSSR count). The minimum absolute atomic E-state index is 0.0380. The van der Waals surface area contributed by atoms with Gasteiger partial charge in [0.1, 0.15) is 12.4 Å². The lowest BCUT2D eigenvalue weighted by Gasteiger charge is -2.14. The van der Waals surface area contributed by atoms with Gasteiger partial charge in [0.05, 0.1) is 6.04 Å². The van der Waals surface area contributed by atoms with Crippen molar-refractivity contribution < 1.29 is 13.6 Å². The molecule has 6 nitrogen and oxygen atoms in total. The molecule has 0 aliphatic carbocycles. The second kappa shape index (κ2) is 7.99. The maximum absolute atomic E-state index is 13.0. The molecule has 0 saturated heterocycles. The van der Waals surface area contributed by atoms with Crippen LogP contribution in [0.1, 0.15) is 31.0 Å². The van der Waals surface area contributed by atoms with Gasteiger partial charge in [0.15, 0.2) is 0 Å². The Morgan fingerprint density at radius 3 is 2.48 bits per heavy atom. The molecule has 0 fully saturated rings. The third-order valence-corrected chi connectivity index (χ3v) is 4.26. The normalized spacial score (nSPS) is 12.0. The monoisotopic (exact) mass is 369 g/mol. The predicted octanol–water partition coefficient (Wildman–Crippen LogP) is 3.08. The Balaban J connectivity index is 1.66. The number of rotatable bonds is 6. The molecule has 0 unspecified atom stereocenters. The second-order valence-electron chi connectivity index (χ2n) is 6.22. The van der Waals surface area contributed by atoms with Gasteiger partial charge in [-0.2, -0.15) is 4.68 Å². The third-order valence-electron chi connectivity index (χ3n) is 4.26. The fourth-order valence-corrected chi connectivity index (χ4v) is 2.66. The molecule has 0 aliphatic rings. The number of hydrogen-bond donors (Lipinski definition) is 1. The van der Waals surface area contributed by atoms with E-state index in [1.165, 1.54) is 29.8 Å². The van der Waals surface area contributed by atoms with Crippen LogP contribution in [0.25, 0.3) is 11.5 Å². The molecule has 7 heteroatoms. The van der Waals surface area contributed by atoms with Crippen LogP contribution in [0.5, 0.6) is 0 Å². The molecule has 1 aromatic heterocycles. The topological polar surface area (TPSA) is 77.1 Å². The number of hydrogen-bond acceptors (Lipinski definition) is 4. The number of aromatic nitrogens is 2. The van der Waals surface area contributed by atoms with Crippen molar-refractivity contribution >= 4 is 5.91 Å². The summed E-state index contributed by atoms with van der Waals surface area (Å²) in [5.74, 6) is -1.47. The Labute approximate surface area is 155 Å². The molecule has 3 aromatic rings.